The van der Waals surface area contributed by atoms with E-state index in [9.17, 15) is 9.65 Å². The van der Waals surface area contributed by atoms with Crippen molar-refractivity contribution in [2.75, 3.05) is 54.9 Å². The molecule has 0 bridgehead atoms. The number of anilines is 3. The van der Waals surface area contributed by atoms with E-state index < -0.39 is 6.17 Å². The number of thiophene rings is 1. The average molecular weight is 765 g/mol. The minimum absolute atomic E-state index is 0.172. The van der Waals surface area contributed by atoms with E-state index in [1.54, 1.807) is 0 Å². The number of aryl methyl sites for hydroxylation is 3. The standard InChI is InChI=1S/C38H38ClFN12OS/c1-43-31-34(49-12-6-14-52-26(18-49)29(39)30(47-52)33-44-24-7-3-4-8-25(24)48(33)2)45-36(53-21-38-10-5-13-51(38)17-22(40)15-38)46-35(31)50-19-37(20-50)11-9-27-28(37)23(16-41)32(42)54-27/h3-4,7-8,22H,5-6,9-15,17-21,42H2,2H3/t22-,38+/m1/s1. The molecule has 5 aliphatic rings. The maximum Gasteiger partial charge on any atom is 0.317 e. The fraction of sp³-hybridized carbons (Fsp3) is 0.474. The van der Waals surface area contributed by atoms with Crippen LogP contribution in [-0.4, -0.2) is 85.2 Å². The number of hydrogen-bond donors (Lipinski definition) is 1. The average Bonchev–Trinajstić information content (AvgIpc) is 3.96. The van der Waals surface area contributed by atoms with E-state index in [-0.39, 0.29) is 23.6 Å². The van der Waals surface area contributed by atoms with Crippen molar-refractivity contribution < 1.29 is 9.13 Å². The van der Waals surface area contributed by atoms with Crippen molar-refractivity contribution in [3.63, 3.8) is 0 Å². The Morgan fingerprint density at radius 1 is 1.13 bits per heavy atom. The molecule has 8 heterocycles. The highest BCUT2D eigenvalue weighted by atomic mass is 35.5. The molecule has 13 nitrogen and oxygen atoms in total. The van der Waals surface area contributed by atoms with Gasteiger partial charge in [0.25, 0.3) is 5.69 Å². The van der Waals surface area contributed by atoms with Crippen LogP contribution in [0.1, 0.15) is 53.8 Å². The maximum absolute atomic E-state index is 14.7. The van der Waals surface area contributed by atoms with Crippen molar-refractivity contribution in [1.82, 2.24) is 34.2 Å². The van der Waals surface area contributed by atoms with Gasteiger partial charge in [-0.15, -0.1) is 11.3 Å². The quantitative estimate of drug-likeness (QED) is 0.205. The summed E-state index contributed by atoms with van der Waals surface area (Å²) < 4.78 is 25.1. The van der Waals surface area contributed by atoms with Crippen molar-refractivity contribution in [1.29, 1.82) is 5.26 Å². The molecule has 3 saturated heterocycles. The summed E-state index contributed by atoms with van der Waals surface area (Å²) in [6.45, 7) is 12.8. The number of halogens is 2. The van der Waals surface area contributed by atoms with Gasteiger partial charge in [0, 0.05) is 56.5 Å². The molecule has 276 valence electrons. The van der Waals surface area contributed by atoms with Gasteiger partial charge >= 0.3 is 6.01 Å². The number of alkyl halides is 1. The number of para-hydroxylation sites is 2. The number of imidazole rings is 1. The lowest BCUT2D eigenvalue weighted by atomic mass is 9.74. The Kier molecular flexibility index (Phi) is 7.64. The zero-order valence-electron chi connectivity index (χ0n) is 29.9. The van der Waals surface area contributed by atoms with Gasteiger partial charge in [0.05, 0.1) is 46.0 Å². The first kappa shape index (κ1) is 33.6. The normalized spacial score (nSPS) is 22.9. The molecule has 4 aliphatic heterocycles. The van der Waals surface area contributed by atoms with Crippen molar-refractivity contribution in [3.05, 3.63) is 62.4 Å². The van der Waals surface area contributed by atoms with Gasteiger partial charge in [-0.2, -0.15) is 20.3 Å². The summed E-state index contributed by atoms with van der Waals surface area (Å²) in [5.41, 5.74) is 10.9. The molecule has 1 spiro atoms. The summed E-state index contributed by atoms with van der Waals surface area (Å²) in [5, 5.41) is 16.0. The number of nitrogens with two attached hydrogens (primary N) is 1. The first-order valence-corrected chi connectivity index (χ1v) is 19.7. The smallest absolute Gasteiger partial charge is 0.317 e. The van der Waals surface area contributed by atoms with Crippen molar-refractivity contribution in [2.45, 2.75) is 68.7 Å². The number of fused-ring (bicyclic) bond motifs is 5. The number of nitriles is 1. The number of nitrogen functional groups attached to an aromatic ring is 1. The molecule has 0 unspecified atom stereocenters. The lowest BCUT2D eigenvalue weighted by molar-refractivity contribution is 0.107. The Hall–Kier alpha value is -4.96. The predicted octanol–water partition coefficient (Wildman–Crippen LogP) is 6.02. The van der Waals surface area contributed by atoms with E-state index in [0.29, 0.717) is 90.1 Å². The second kappa shape index (κ2) is 12.3. The topological polar surface area (TPSA) is 135 Å². The van der Waals surface area contributed by atoms with Gasteiger partial charge in [-0.05, 0) is 56.3 Å². The SMILES string of the molecule is [C-]#[N+]c1c(N2CCCn3nc(-c4nc5ccccc5n4C)c(Cl)c3C2)nc(OC[C@@]23CCCN2C[C@H](F)C3)nc1N1CC2(CCc3sc(N)c(C#N)c32)C1. The highest BCUT2D eigenvalue weighted by molar-refractivity contribution is 7.16. The van der Waals surface area contributed by atoms with Crippen LogP contribution in [0, 0.1) is 17.9 Å². The fourth-order valence-electron chi connectivity index (χ4n) is 9.80. The summed E-state index contributed by atoms with van der Waals surface area (Å²) in [4.78, 5) is 26.4. The molecule has 3 fully saturated rings. The van der Waals surface area contributed by atoms with E-state index in [1.165, 1.54) is 16.2 Å². The van der Waals surface area contributed by atoms with Gasteiger partial charge in [0.15, 0.2) is 5.82 Å². The molecule has 10 rings (SSSR count). The molecule has 5 aromatic rings. The monoisotopic (exact) mass is 764 g/mol. The van der Waals surface area contributed by atoms with Crippen LogP contribution in [-0.2, 0) is 32.0 Å². The molecular weight excluding hydrogens is 727 g/mol. The molecule has 2 N–H and O–H groups in total. The minimum Gasteiger partial charge on any atom is -0.461 e. The highest BCUT2D eigenvalue weighted by Gasteiger charge is 2.53. The van der Waals surface area contributed by atoms with Crippen LogP contribution < -0.4 is 20.3 Å². The third kappa shape index (κ3) is 4.94. The Labute approximate surface area is 320 Å². The molecule has 0 amide bonds. The van der Waals surface area contributed by atoms with Crippen LogP contribution in [0.2, 0.25) is 5.02 Å². The third-order valence-corrected chi connectivity index (χ3v) is 13.8. The highest BCUT2D eigenvalue weighted by Crippen LogP contribution is 2.54. The minimum atomic E-state index is -0.885. The Balaban J connectivity index is 1.02. The van der Waals surface area contributed by atoms with Gasteiger partial charge in [-0.25, -0.2) is 14.2 Å². The Morgan fingerprint density at radius 3 is 2.74 bits per heavy atom. The molecule has 0 saturated carbocycles. The summed E-state index contributed by atoms with van der Waals surface area (Å²) in [6.07, 6.45) is 3.93. The fourth-order valence-corrected chi connectivity index (χ4v) is 11.2. The van der Waals surface area contributed by atoms with Crippen LogP contribution >= 0.6 is 22.9 Å². The summed E-state index contributed by atoms with van der Waals surface area (Å²) >= 11 is 8.70. The molecule has 0 radical (unpaired) electrons. The third-order valence-electron chi connectivity index (χ3n) is 12.4. The van der Waals surface area contributed by atoms with Crippen LogP contribution in [0.4, 0.5) is 26.7 Å². The zero-order chi connectivity index (χ0) is 36.9. The Morgan fingerprint density at radius 2 is 1.94 bits per heavy atom. The summed E-state index contributed by atoms with van der Waals surface area (Å²) in [6, 6.07) is 10.5. The lowest BCUT2D eigenvalue weighted by Gasteiger charge is -2.50. The largest absolute Gasteiger partial charge is 0.461 e. The van der Waals surface area contributed by atoms with E-state index in [4.69, 9.17) is 48.7 Å². The number of nitrogens with zero attached hydrogens (tertiary/aromatic N) is 11. The second-order valence-corrected chi connectivity index (χ2v) is 17.0. The Bertz CT molecular complexity index is 2440. The van der Waals surface area contributed by atoms with E-state index in [2.05, 4.69) is 25.6 Å². The maximum atomic E-state index is 14.7. The number of ether oxygens (including phenoxy) is 1. The van der Waals surface area contributed by atoms with Gasteiger partial charge in [0.1, 0.15) is 41.2 Å². The van der Waals surface area contributed by atoms with Gasteiger partial charge in [-0.3, -0.25) is 9.58 Å². The molecule has 4 aromatic heterocycles. The predicted molar refractivity (Wildman–Crippen MR) is 205 cm³/mol. The van der Waals surface area contributed by atoms with Crippen molar-refractivity contribution >= 4 is 56.3 Å². The summed E-state index contributed by atoms with van der Waals surface area (Å²) in [7, 11) is 1.97. The molecule has 2 atom stereocenters. The van der Waals surface area contributed by atoms with Crippen molar-refractivity contribution in [3.8, 4) is 23.6 Å². The van der Waals surface area contributed by atoms with Gasteiger partial charge in [-0.1, -0.05) is 23.7 Å². The molecule has 54 heavy (non-hydrogen) atoms. The van der Waals surface area contributed by atoms with Crippen molar-refractivity contribution in [2.24, 2.45) is 7.05 Å². The van der Waals surface area contributed by atoms with Gasteiger partial charge < -0.3 is 24.8 Å². The van der Waals surface area contributed by atoms with E-state index >= 15 is 0 Å². The van der Waals surface area contributed by atoms with E-state index in [0.717, 1.165) is 60.9 Å². The van der Waals surface area contributed by atoms with Crippen LogP contribution in [0.25, 0.3) is 27.4 Å². The summed E-state index contributed by atoms with van der Waals surface area (Å²) in [5.74, 6) is 1.67. The van der Waals surface area contributed by atoms with Crippen LogP contribution in [0.15, 0.2) is 24.3 Å². The van der Waals surface area contributed by atoms with Crippen LogP contribution in [0.3, 0.4) is 0 Å². The zero-order valence-corrected chi connectivity index (χ0v) is 31.4. The van der Waals surface area contributed by atoms with E-state index in [1.807, 2.05) is 40.6 Å². The molecule has 1 aromatic carbocycles. The molecule has 1 aliphatic carbocycles. The lowest BCUT2D eigenvalue weighted by Crippen LogP contribution is -2.59. The second-order valence-electron chi connectivity index (χ2n) is 15.5. The number of aromatic nitrogens is 6. The van der Waals surface area contributed by atoms with Crippen LogP contribution in [0.5, 0.6) is 6.01 Å². The molecular formula is C38H38ClFN12OS. The number of hydrogen-bond acceptors (Lipinski definition) is 11. The molecule has 16 heteroatoms. The first-order chi connectivity index (χ1) is 26.2. The van der Waals surface area contributed by atoms with Gasteiger partial charge in [0.2, 0.25) is 0 Å². The first-order valence-electron chi connectivity index (χ1n) is 18.5. The number of rotatable bonds is 6. The number of benzene rings is 1.